The van der Waals surface area contributed by atoms with Crippen LogP contribution in [0.2, 0.25) is 0 Å². The summed E-state index contributed by atoms with van der Waals surface area (Å²) < 4.78 is 3.44. The van der Waals surface area contributed by atoms with Gasteiger partial charge < -0.3 is 5.32 Å². The van der Waals surface area contributed by atoms with Crippen LogP contribution in [0.25, 0.3) is 11.5 Å². The molecule has 9 nitrogen and oxygen atoms in total. The number of aryl methyl sites for hydroxylation is 2. The first-order chi connectivity index (χ1) is 14.4. The van der Waals surface area contributed by atoms with Crippen molar-refractivity contribution in [2.75, 3.05) is 5.32 Å². The molecule has 0 saturated carbocycles. The van der Waals surface area contributed by atoms with Crippen LogP contribution < -0.4 is 5.32 Å². The molecule has 1 N–H and O–H groups in total. The Hall–Kier alpha value is -4.06. The first kappa shape index (κ1) is 19.3. The van der Waals surface area contributed by atoms with Crippen molar-refractivity contribution in [1.29, 1.82) is 5.26 Å². The van der Waals surface area contributed by atoms with E-state index in [1.165, 1.54) is 0 Å². The van der Waals surface area contributed by atoms with Crippen LogP contribution in [0.3, 0.4) is 0 Å². The summed E-state index contributed by atoms with van der Waals surface area (Å²) in [5, 5.41) is 16.9. The standard InChI is InChI=1S/C21H20N8O/c1-12-8-13(2)29-21(24-12)25-18(27-29)9-19(30)26-20-17(10-22)14(3)15(4)28(20)16-6-5-7-23-11-16/h5-8,11H,9H2,1-4H3,(H,26,30). The molecule has 0 saturated heterocycles. The van der Waals surface area contributed by atoms with Gasteiger partial charge in [0.1, 0.15) is 11.9 Å². The molecule has 0 aromatic carbocycles. The van der Waals surface area contributed by atoms with E-state index >= 15 is 0 Å². The highest BCUT2D eigenvalue weighted by Crippen LogP contribution is 2.29. The highest BCUT2D eigenvalue weighted by Gasteiger charge is 2.21. The van der Waals surface area contributed by atoms with E-state index in [1.54, 1.807) is 23.0 Å². The van der Waals surface area contributed by atoms with Gasteiger partial charge in [-0.05, 0) is 51.5 Å². The van der Waals surface area contributed by atoms with Crippen molar-refractivity contribution in [1.82, 2.24) is 29.1 Å². The van der Waals surface area contributed by atoms with Crippen LogP contribution in [-0.2, 0) is 11.2 Å². The molecule has 0 radical (unpaired) electrons. The minimum absolute atomic E-state index is 0.0387. The van der Waals surface area contributed by atoms with Gasteiger partial charge in [-0.25, -0.2) is 9.50 Å². The first-order valence-corrected chi connectivity index (χ1v) is 9.41. The lowest BCUT2D eigenvalue weighted by Gasteiger charge is -2.12. The number of nitriles is 1. The molecule has 0 aliphatic carbocycles. The molecule has 0 aliphatic heterocycles. The van der Waals surface area contributed by atoms with E-state index in [0.29, 0.717) is 23.0 Å². The van der Waals surface area contributed by atoms with Gasteiger partial charge in [-0.15, -0.1) is 5.10 Å². The third-order valence-electron chi connectivity index (χ3n) is 4.97. The average molecular weight is 400 g/mol. The Morgan fingerprint density at radius 1 is 1.23 bits per heavy atom. The van der Waals surface area contributed by atoms with Gasteiger partial charge in [0.2, 0.25) is 5.91 Å². The zero-order valence-corrected chi connectivity index (χ0v) is 17.1. The Morgan fingerprint density at radius 2 is 2.03 bits per heavy atom. The Labute approximate surface area is 173 Å². The summed E-state index contributed by atoms with van der Waals surface area (Å²) in [7, 11) is 0. The van der Waals surface area contributed by atoms with Crippen molar-refractivity contribution in [2.45, 2.75) is 34.1 Å². The molecule has 9 heteroatoms. The van der Waals surface area contributed by atoms with Gasteiger partial charge in [0, 0.05) is 23.3 Å². The van der Waals surface area contributed by atoms with Crippen LogP contribution >= 0.6 is 0 Å². The second-order valence-electron chi connectivity index (χ2n) is 7.10. The van der Waals surface area contributed by atoms with Crippen molar-refractivity contribution in [3.05, 3.63) is 64.6 Å². The van der Waals surface area contributed by atoms with Crippen LogP contribution in [0.5, 0.6) is 0 Å². The maximum atomic E-state index is 12.8. The summed E-state index contributed by atoms with van der Waals surface area (Å²) in [6.45, 7) is 7.55. The smallest absolute Gasteiger partial charge is 0.252 e. The topological polar surface area (TPSA) is 114 Å². The lowest BCUT2D eigenvalue weighted by molar-refractivity contribution is -0.115. The second kappa shape index (κ2) is 7.40. The van der Waals surface area contributed by atoms with Crippen molar-refractivity contribution in [3.8, 4) is 11.8 Å². The monoisotopic (exact) mass is 400 g/mol. The number of rotatable bonds is 4. The van der Waals surface area contributed by atoms with Crippen LogP contribution in [0.15, 0.2) is 30.6 Å². The SMILES string of the molecule is Cc1cc(C)n2nc(CC(=O)Nc3c(C#N)c(C)c(C)n3-c3cccnc3)nc2n1. The Morgan fingerprint density at radius 3 is 2.73 bits per heavy atom. The van der Waals surface area contributed by atoms with Crippen LogP contribution in [0.1, 0.15) is 34.0 Å². The number of hydrogen-bond acceptors (Lipinski definition) is 6. The van der Waals surface area contributed by atoms with Crippen LogP contribution in [0, 0.1) is 39.0 Å². The zero-order chi connectivity index (χ0) is 21.4. The maximum absolute atomic E-state index is 12.8. The van der Waals surface area contributed by atoms with E-state index < -0.39 is 0 Å². The van der Waals surface area contributed by atoms with E-state index in [0.717, 1.165) is 28.3 Å². The molecule has 0 aliphatic rings. The second-order valence-corrected chi connectivity index (χ2v) is 7.10. The summed E-state index contributed by atoms with van der Waals surface area (Å²) in [4.78, 5) is 25.7. The third-order valence-corrected chi connectivity index (χ3v) is 4.97. The Kier molecular flexibility index (Phi) is 4.75. The number of nitrogens with one attached hydrogen (secondary N) is 1. The number of carbonyl (C=O) groups excluding carboxylic acids is 1. The van der Waals surface area contributed by atoms with E-state index in [9.17, 15) is 10.1 Å². The summed E-state index contributed by atoms with van der Waals surface area (Å²) in [6, 6.07) is 7.77. The summed E-state index contributed by atoms with van der Waals surface area (Å²) >= 11 is 0. The number of pyridine rings is 1. The van der Waals surface area contributed by atoms with Crippen molar-refractivity contribution in [3.63, 3.8) is 0 Å². The predicted molar refractivity (Wildman–Crippen MR) is 110 cm³/mol. The van der Waals surface area contributed by atoms with Gasteiger partial charge in [-0.2, -0.15) is 10.2 Å². The zero-order valence-electron chi connectivity index (χ0n) is 17.1. The van der Waals surface area contributed by atoms with E-state index in [-0.39, 0.29) is 12.3 Å². The van der Waals surface area contributed by atoms with Gasteiger partial charge in [0.05, 0.1) is 23.9 Å². The minimum atomic E-state index is -0.320. The number of aromatic nitrogens is 6. The molecule has 1 amide bonds. The predicted octanol–water partition coefficient (Wildman–Crippen LogP) is 2.60. The summed E-state index contributed by atoms with van der Waals surface area (Å²) in [5.74, 6) is 0.914. The number of nitrogens with zero attached hydrogens (tertiary/aromatic N) is 7. The molecule has 30 heavy (non-hydrogen) atoms. The molecule has 0 unspecified atom stereocenters. The molecule has 0 bridgehead atoms. The molecule has 0 spiro atoms. The lowest BCUT2D eigenvalue weighted by atomic mass is 10.2. The molecular formula is C21H20N8O. The van der Waals surface area contributed by atoms with Gasteiger partial charge in [-0.1, -0.05) is 0 Å². The minimum Gasteiger partial charge on any atom is -0.310 e. The fourth-order valence-corrected chi connectivity index (χ4v) is 3.47. The van der Waals surface area contributed by atoms with E-state index in [1.807, 2.05) is 44.4 Å². The molecule has 0 fully saturated rings. The highest BCUT2D eigenvalue weighted by molar-refractivity contribution is 5.93. The largest absolute Gasteiger partial charge is 0.310 e. The summed E-state index contributed by atoms with van der Waals surface area (Å²) in [5.41, 5.74) is 4.56. The van der Waals surface area contributed by atoms with Gasteiger partial charge >= 0.3 is 0 Å². The van der Waals surface area contributed by atoms with Crippen molar-refractivity contribution < 1.29 is 4.79 Å². The highest BCUT2D eigenvalue weighted by atomic mass is 16.1. The van der Waals surface area contributed by atoms with Gasteiger partial charge in [0.25, 0.3) is 5.78 Å². The maximum Gasteiger partial charge on any atom is 0.252 e. The van der Waals surface area contributed by atoms with Crippen LogP contribution in [-0.4, -0.2) is 35.0 Å². The van der Waals surface area contributed by atoms with Gasteiger partial charge in [-0.3, -0.25) is 14.3 Å². The van der Waals surface area contributed by atoms with E-state index in [2.05, 4.69) is 31.4 Å². The molecule has 4 rings (SSSR count). The molecular weight excluding hydrogens is 380 g/mol. The fraction of sp³-hybridized carbons (Fsp3) is 0.238. The third kappa shape index (κ3) is 3.28. The number of carbonyl (C=O) groups is 1. The first-order valence-electron chi connectivity index (χ1n) is 9.41. The average Bonchev–Trinajstić information content (AvgIpc) is 3.21. The van der Waals surface area contributed by atoms with E-state index in [4.69, 9.17) is 0 Å². The lowest BCUT2D eigenvalue weighted by Crippen LogP contribution is -2.18. The summed E-state index contributed by atoms with van der Waals surface area (Å²) in [6.07, 6.45) is 3.32. The number of anilines is 1. The fourth-order valence-electron chi connectivity index (χ4n) is 3.47. The number of amides is 1. The van der Waals surface area contributed by atoms with Crippen molar-refractivity contribution >= 4 is 17.5 Å². The van der Waals surface area contributed by atoms with Gasteiger partial charge in [0.15, 0.2) is 5.82 Å². The molecule has 150 valence electrons. The van der Waals surface area contributed by atoms with Crippen molar-refractivity contribution in [2.24, 2.45) is 0 Å². The molecule has 0 atom stereocenters. The molecule has 4 aromatic rings. The molecule has 4 heterocycles. The Bertz CT molecular complexity index is 1310. The molecule has 4 aromatic heterocycles. The number of fused-ring (bicyclic) bond motifs is 1. The Balaban J connectivity index is 1.68. The van der Waals surface area contributed by atoms with Crippen LogP contribution in [0.4, 0.5) is 5.82 Å². The number of hydrogen-bond donors (Lipinski definition) is 1. The normalized spacial score (nSPS) is 10.9. The quantitative estimate of drug-likeness (QED) is 0.563.